The molecule has 0 saturated carbocycles. The third-order valence-corrected chi connectivity index (χ3v) is 18.6. The molecule has 0 amide bonds. The highest BCUT2D eigenvalue weighted by Crippen LogP contribution is 2.37. The monoisotopic (exact) mass is 766 g/mol. The minimum Gasteiger partial charge on any atom is -0.414 e. The van der Waals surface area contributed by atoms with Crippen LogP contribution in [-0.4, -0.2) is 136 Å². The van der Waals surface area contributed by atoms with Crippen LogP contribution >= 0.6 is 0 Å². The zero-order chi connectivity index (χ0) is 38.0. The molecule has 0 radical (unpaired) electrons. The van der Waals surface area contributed by atoms with E-state index in [1.54, 1.807) is 0 Å². The van der Waals surface area contributed by atoms with Crippen molar-refractivity contribution >= 4 is 27.0 Å². The summed E-state index contributed by atoms with van der Waals surface area (Å²) in [7, 11) is -4.24. The Hall–Kier alpha value is -1.53. The molecule has 0 aliphatic carbocycles. The summed E-state index contributed by atoms with van der Waals surface area (Å²) in [6.45, 7) is 27.6. The van der Waals surface area contributed by atoms with Crippen LogP contribution < -0.4 is 10.4 Å². The van der Waals surface area contributed by atoms with Gasteiger partial charge in [-0.25, -0.2) is 0 Å². The van der Waals surface area contributed by atoms with E-state index in [4.69, 9.17) is 46.7 Å². The van der Waals surface area contributed by atoms with Crippen molar-refractivity contribution in [2.45, 2.75) is 64.7 Å². The quantitative estimate of drug-likeness (QED) is 0.0702. The van der Waals surface area contributed by atoms with Gasteiger partial charge in [0.15, 0.2) is 8.32 Å². The third-order valence-electron chi connectivity index (χ3n) is 9.06. The van der Waals surface area contributed by atoms with E-state index in [-0.39, 0.29) is 10.1 Å². The molecule has 0 bridgehead atoms. The second-order valence-electron chi connectivity index (χ2n) is 15.0. The zero-order valence-electron chi connectivity index (χ0n) is 33.6. The maximum atomic E-state index is 6.85. The van der Waals surface area contributed by atoms with Crippen LogP contribution in [-0.2, 0) is 46.7 Å². The summed E-state index contributed by atoms with van der Waals surface area (Å²) in [6, 6.07) is 21.3. The van der Waals surface area contributed by atoms with Gasteiger partial charge in [-0.15, -0.1) is 0 Å². The van der Waals surface area contributed by atoms with E-state index in [0.29, 0.717) is 119 Å². The largest absolute Gasteiger partial charge is 0.414 e. The van der Waals surface area contributed by atoms with Gasteiger partial charge in [-0.3, -0.25) is 0 Å². The molecule has 0 aromatic heterocycles. The van der Waals surface area contributed by atoms with Gasteiger partial charge in [-0.2, -0.15) is 0 Å². The topological polar surface area (TPSA) is 92.3 Å². The molecule has 2 aromatic carbocycles. The van der Waals surface area contributed by atoms with E-state index >= 15 is 0 Å². The van der Waals surface area contributed by atoms with E-state index in [0.717, 1.165) is 0 Å². The molecular weight excluding hydrogens is 697 g/mol. The highest BCUT2D eigenvalue weighted by Gasteiger charge is 2.50. The predicted octanol–water partition coefficient (Wildman–Crippen LogP) is 5.72. The molecule has 12 heteroatoms. The fourth-order valence-electron chi connectivity index (χ4n) is 5.23. The first kappa shape index (κ1) is 46.6. The Balaban J connectivity index is 1.35. The summed E-state index contributed by atoms with van der Waals surface area (Å²) in [6.07, 6.45) is 0. The van der Waals surface area contributed by atoms with Crippen molar-refractivity contribution in [2.24, 2.45) is 0 Å². The van der Waals surface area contributed by atoms with Gasteiger partial charge < -0.3 is 46.7 Å². The van der Waals surface area contributed by atoms with Crippen LogP contribution in [0.4, 0.5) is 0 Å². The normalized spacial score (nSPS) is 12.8. The fourth-order valence-corrected chi connectivity index (χ4v) is 10.8. The lowest BCUT2D eigenvalue weighted by atomic mass is 10.2. The van der Waals surface area contributed by atoms with Gasteiger partial charge in [0.05, 0.1) is 119 Å². The van der Waals surface area contributed by atoms with Crippen LogP contribution in [0.5, 0.6) is 0 Å². The maximum absolute atomic E-state index is 6.85. The minimum atomic E-state index is -2.54. The lowest BCUT2D eigenvalue weighted by Gasteiger charge is -2.43. The Morgan fingerprint density at radius 2 is 0.596 bits per heavy atom. The number of hydrogen-bond donors (Lipinski definition) is 0. The first-order valence-electron chi connectivity index (χ1n) is 18.9. The number of hydrogen-bond acceptors (Lipinski definition) is 10. The van der Waals surface area contributed by atoms with E-state index < -0.39 is 16.6 Å². The maximum Gasteiger partial charge on any atom is 0.261 e. The van der Waals surface area contributed by atoms with Crippen molar-refractivity contribution < 1.29 is 46.7 Å². The van der Waals surface area contributed by atoms with Crippen molar-refractivity contribution in [1.29, 1.82) is 0 Å². The second-order valence-corrected chi connectivity index (χ2v) is 24.1. The lowest BCUT2D eigenvalue weighted by Crippen LogP contribution is -2.66. The van der Waals surface area contributed by atoms with Crippen LogP contribution in [0, 0.1) is 0 Å². The van der Waals surface area contributed by atoms with Crippen LogP contribution in [0.15, 0.2) is 60.7 Å². The van der Waals surface area contributed by atoms with E-state index in [1.807, 2.05) is 0 Å². The first-order valence-corrected chi connectivity index (χ1v) is 23.7. The van der Waals surface area contributed by atoms with Crippen LogP contribution in [0.3, 0.4) is 0 Å². The zero-order valence-corrected chi connectivity index (χ0v) is 35.6. The average Bonchev–Trinajstić information content (AvgIpc) is 3.10. The van der Waals surface area contributed by atoms with Crippen molar-refractivity contribution in [3.05, 3.63) is 60.7 Å². The van der Waals surface area contributed by atoms with Crippen molar-refractivity contribution in [3.63, 3.8) is 0 Å². The molecule has 2 aromatic rings. The predicted molar refractivity (Wildman–Crippen MR) is 213 cm³/mol. The van der Waals surface area contributed by atoms with Crippen LogP contribution in [0.25, 0.3) is 0 Å². The molecular formula is C40H70O10Si2. The van der Waals surface area contributed by atoms with Crippen molar-refractivity contribution in [1.82, 2.24) is 0 Å². The second kappa shape index (κ2) is 26.3. The smallest absolute Gasteiger partial charge is 0.261 e. The van der Waals surface area contributed by atoms with Crippen LogP contribution in [0.1, 0.15) is 41.5 Å². The Kier molecular flexibility index (Phi) is 23.6. The standard InChI is InChI=1S/C40H70O10Si2/c1-39(2,3)51(7,8)49-35-33-47-31-29-45-27-25-43-23-21-41-19-20-42-22-24-44-26-28-46-30-32-48-34-36-50-52(40(4,5)6,37-15-11-9-12-16-37)38-17-13-10-14-18-38/h9-18H,19-36H2,1-8H3. The number of rotatable bonds is 31. The van der Waals surface area contributed by atoms with Gasteiger partial charge in [0, 0.05) is 0 Å². The van der Waals surface area contributed by atoms with Crippen molar-refractivity contribution in [2.75, 3.05) is 119 Å². The summed E-state index contributed by atoms with van der Waals surface area (Å²) in [5, 5.41) is 2.70. The van der Waals surface area contributed by atoms with E-state index in [2.05, 4.69) is 115 Å². The van der Waals surface area contributed by atoms with Gasteiger partial charge in [0.2, 0.25) is 0 Å². The fraction of sp³-hybridized carbons (Fsp3) is 0.700. The van der Waals surface area contributed by atoms with Gasteiger partial charge in [0.25, 0.3) is 8.32 Å². The number of ether oxygens (including phenoxy) is 8. The molecule has 0 fully saturated rings. The average molecular weight is 767 g/mol. The lowest BCUT2D eigenvalue weighted by molar-refractivity contribution is -0.0242. The summed E-state index contributed by atoms with van der Waals surface area (Å²) in [4.78, 5) is 0. The van der Waals surface area contributed by atoms with Gasteiger partial charge in [0.1, 0.15) is 0 Å². The van der Waals surface area contributed by atoms with Gasteiger partial charge >= 0.3 is 0 Å². The Morgan fingerprint density at radius 1 is 0.346 bits per heavy atom. The highest BCUT2D eigenvalue weighted by molar-refractivity contribution is 6.99. The summed E-state index contributed by atoms with van der Waals surface area (Å²) in [5.74, 6) is 0. The molecule has 0 unspecified atom stereocenters. The van der Waals surface area contributed by atoms with Crippen molar-refractivity contribution in [3.8, 4) is 0 Å². The summed E-state index contributed by atoms with van der Waals surface area (Å²) < 4.78 is 57.8. The summed E-state index contributed by atoms with van der Waals surface area (Å²) in [5.41, 5.74) is 0. The van der Waals surface area contributed by atoms with Gasteiger partial charge in [-0.05, 0) is 33.5 Å². The Labute approximate surface area is 317 Å². The molecule has 0 saturated heterocycles. The highest BCUT2D eigenvalue weighted by atomic mass is 28.4. The molecule has 0 aliphatic heterocycles. The number of benzene rings is 2. The Morgan fingerprint density at radius 3 is 0.846 bits per heavy atom. The van der Waals surface area contributed by atoms with Gasteiger partial charge in [-0.1, -0.05) is 102 Å². The molecule has 0 aliphatic rings. The molecule has 298 valence electrons. The molecule has 0 spiro atoms. The molecule has 10 nitrogen and oxygen atoms in total. The third kappa shape index (κ3) is 18.2. The molecule has 2 rings (SSSR count). The minimum absolute atomic E-state index is 0.0533. The first-order chi connectivity index (χ1) is 24.9. The molecule has 0 atom stereocenters. The molecule has 0 heterocycles. The van der Waals surface area contributed by atoms with E-state index in [9.17, 15) is 0 Å². The van der Waals surface area contributed by atoms with Crippen LogP contribution in [0.2, 0.25) is 23.2 Å². The summed E-state index contributed by atoms with van der Waals surface area (Å²) >= 11 is 0. The van der Waals surface area contributed by atoms with E-state index in [1.165, 1.54) is 10.4 Å². The molecule has 52 heavy (non-hydrogen) atoms. The SMILES string of the molecule is CC(C)(C)[Si](C)(C)OCCOCCOCCOCCOCCOCCOCCOCCOCCO[Si](c1ccccc1)(c1ccccc1)C(C)(C)C. The molecule has 0 N–H and O–H groups in total. The Bertz CT molecular complexity index is 1090.